The van der Waals surface area contributed by atoms with Crippen LogP contribution in [0.1, 0.15) is 12.8 Å². The van der Waals surface area contributed by atoms with E-state index in [1.807, 2.05) is 0 Å². The molecule has 2 bridgehead atoms. The van der Waals surface area contributed by atoms with Gasteiger partial charge in [-0.05, 0) is 12.8 Å². The number of nitrogens with one attached hydrogen (secondary N) is 1. The quantitative estimate of drug-likeness (QED) is 0.785. The molecule has 1 amide bonds. The second kappa shape index (κ2) is 3.11. The highest BCUT2D eigenvalue weighted by Gasteiger charge is 2.58. The Bertz CT molecular complexity index is 782. The van der Waals surface area contributed by atoms with Gasteiger partial charge in [0.15, 0.2) is 5.58 Å². The maximum atomic E-state index is 12.2. The fourth-order valence-corrected chi connectivity index (χ4v) is 3.03. The molecule has 5 rings (SSSR count). The lowest BCUT2D eigenvalue weighted by Gasteiger charge is -2.51. The standard InChI is InChI=1S/C12H10N4O3/c1-6-7-2-12(3-7,10(17)15-6)16-8-4-13-14-5-9(8)19-11(16)18/h4-5,7H,1-3H2,(H,15,17). The first-order valence-corrected chi connectivity index (χ1v) is 5.95. The molecule has 0 atom stereocenters. The van der Waals surface area contributed by atoms with E-state index in [2.05, 4.69) is 22.1 Å². The third-order valence-electron chi connectivity index (χ3n) is 4.08. The Morgan fingerprint density at radius 1 is 1.37 bits per heavy atom. The van der Waals surface area contributed by atoms with Gasteiger partial charge >= 0.3 is 5.76 Å². The zero-order valence-electron chi connectivity index (χ0n) is 9.92. The van der Waals surface area contributed by atoms with E-state index in [4.69, 9.17) is 4.42 Å². The number of nitrogens with zero attached hydrogens (tertiary/aromatic N) is 3. The second-order valence-electron chi connectivity index (χ2n) is 5.06. The molecule has 2 aromatic rings. The zero-order valence-corrected chi connectivity index (χ0v) is 9.92. The highest BCUT2D eigenvalue weighted by molar-refractivity contribution is 5.91. The van der Waals surface area contributed by atoms with E-state index in [0.717, 1.165) is 5.70 Å². The van der Waals surface area contributed by atoms with Crippen molar-refractivity contribution in [1.29, 1.82) is 0 Å². The number of fused-ring (bicyclic) bond motifs is 3. The Morgan fingerprint density at radius 2 is 2.11 bits per heavy atom. The molecular formula is C12H10N4O3. The lowest BCUT2D eigenvalue weighted by molar-refractivity contribution is -0.140. The molecule has 19 heavy (non-hydrogen) atoms. The normalized spacial score (nSPS) is 29.2. The largest absolute Gasteiger partial charge is 0.421 e. The highest BCUT2D eigenvalue weighted by Crippen LogP contribution is 2.50. The van der Waals surface area contributed by atoms with E-state index >= 15 is 0 Å². The maximum absolute atomic E-state index is 12.2. The Morgan fingerprint density at radius 3 is 2.84 bits per heavy atom. The number of amides is 1. The minimum Gasteiger partial charge on any atom is -0.406 e. The molecule has 1 N–H and O–H groups in total. The summed E-state index contributed by atoms with van der Waals surface area (Å²) in [6.45, 7) is 3.82. The lowest BCUT2D eigenvalue weighted by atomic mass is 9.63. The highest BCUT2D eigenvalue weighted by atomic mass is 16.4. The van der Waals surface area contributed by atoms with Gasteiger partial charge in [-0.2, -0.15) is 10.2 Å². The van der Waals surface area contributed by atoms with Crippen LogP contribution in [0.3, 0.4) is 0 Å². The van der Waals surface area contributed by atoms with Gasteiger partial charge in [0.1, 0.15) is 11.1 Å². The first-order chi connectivity index (χ1) is 9.12. The predicted molar refractivity (Wildman–Crippen MR) is 64.0 cm³/mol. The van der Waals surface area contributed by atoms with Gasteiger partial charge in [-0.1, -0.05) is 6.58 Å². The van der Waals surface area contributed by atoms with Crippen molar-refractivity contribution in [3.63, 3.8) is 0 Å². The number of piperidine rings is 2. The average molecular weight is 258 g/mol. The van der Waals surface area contributed by atoms with Crippen LogP contribution < -0.4 is 11.1 Å². The summed E-state index contributed by atoms with van der Waals surface area (Å²) in [6, 6.07) is 0. The van der Waals surface area contributed by atoms with E-state index < -0.39 is 11.3 Å². The monoisotopic (exact) mass is 258 g/mol. The average Bonchev–Trinajstić information content (AvgIpc) is 2.64. The van der Waals surface area contributed by atoms with Crippen molar-refractivity contribution in [3.05, 3.63) is 35.2 Å². The van der Waals surface area contributed by atoms with Crippen molar-refractivity contribution in [2.24, 2.45) is 5.92 Å². The molecule has 3 fully saturated rings. The topological polar surface area (TPSA) is 90.0 Å². The van der Waals surface area contributed by atoms with E-state index in [1.54, 1.807) is 0 Å². The van der Waals surface area contributed by atoms with Crippen LogP contribution in [0.5, 0.6) is 0 Å². The molecule has 1 saturated carbocycles. The molecule has 2 saturated heterocycles. The Kier molecular flexibility index (Phi) is 1.72. The van der Waals surface area contributed by atoms with E-state index in [-0.39, 0.29) is 11.8 Å². The zero-order chi connectivity index (χ0) is 13.2. The fourth-order valence-electron chi connectivity index (χ4n) is 3.03. The molecule has 3 aliphatic rings. The van der Waals surface area contributed by atoms with Crippen molar-refractivity contribution in [3.8, 4) is 0 Å². The number of rotatable bonds is 1. The Hall–Kier alpha value is -2.44. The SMILES string of the molecule is C=C1NC(=O)C2(n3c(=O)oc4cnncc43)CC1C2. The molecule has 7 heteroatoms. The number of hydrogen-bond acceptors (Lipinski definition) is 5. The molecule has 0 aromatic carbocycles. The van der Waals surface area contributed by atoms with Crippen molar-refractivity contribution in [2.75, 3.05) is 0 Å². The van der Waals surface area contributed by atoms with Crippen molar-refractivity contribution in [2.45, 2.75) is 18.4 Å². The third kappa shape index (κ3) is 1.12. The van der Waals surface area contributed by atoms with Crippen molar-refractivity contribution < 1.29 is 9.21 Å². The summed E-state index contributed by atoms with van der Waals surface area (Å²) in [7, 11) is 0. The first kappa shape index (κ1) is 10.5. The fraction of sp³-hybridized carbons (Fsp3) is 0.333. The smallest absolute Gasteiger partial charge is 0.406 e. The molecule has 7 nitrogen and oxygen atoms in total. The summed E-state index contributed by atoms with van der Waals surface area (Å²) >= 11 is 0. The van der Waals surface area contributed by atoms with Crippen LogP contribution in [-0.4, -0.2) is 20.7 Å². The molecule has 96 valence electrons. The summed E-state index contributed by atoms with van der Waals surface area (Å²) in [6.07, 6.45) is 3.97. The van der Waals surface area contributed by atoms with Crippen LogP contribution in [0.25, 0.3) is 11.1 Å². The van der Waals surface area contributed by atoms with Crippen LogP contribution in [0.2, 0.25) is 0 Å². The number of aromatic nitrogens is 3. The molecule has 2 aliphatic heterocycles. The molecule has 4 heterocycles. The van der Waals surface area contributed by atoms with Gasteiger partial charge in [0.2, 0.25) is 0 Å². The maximum Gasteiger partial charge on any atom is 0.421 e. The van der Waals surface area contributed by atoms with E-state index in [1.165, 1.54) is 17.0 Å². The van der Waals surface area contributed by atoms with Gasteiger partial charge in [0.25, 0.3) is 5.91 Å². The third-order valence-corrected chi connectivity index (χ3v) is 4.08. The van der Waals surface area contributed by atoms with Crippen LogP contribution in [-0.2, 0) is 10.3 Å². The number of allylic oxidation sites excluding steroid dienone is 1. The minimum atomic E-state index is -0.864. The second-order valence-corrected chi connectivity index (χ2v) is 5.06. The lowest BCUT2D eigenvalue weighted by Crippen LogP contribution is -2.64. The Balaban J connectivity index is 1.97. The van der Waals surface area contributed by atoms with Gasteiger partial charge in [-0.25, -0.2) is 4.79 Å². The predicted octanol–water partition coefficient (Wildman–Crippen LogP) is 0.133. The van der Waals surface area contributed by atoms with Gasteiger partial charge in [0, 0.05) is 11.6 Å². The first-order valence-electron chi connectivity index (χ1n) is 5.95. The summed E-state index contributed by atoms with van der Waals surface area (Å²) in [5.74, 6) is -0.531. The van der Waals surface area contributed by atoms with E-state index in [9.17, 15) is 9.59 Å². The summed E-state index contributed by atoms with van der Waals surface area (Å²) in [5, 5.41) is 10.1. The minimum absolute atomic E-state index is 0.207. The molecule has 0 radical (unpaired) electrons. The van der Waals surface area contributed by atoms with Gasteiger partial charge in [-0.3, -0.25) is 9.36 Å². The van der Waals surface area contributed by atoms with Crippen molar-refractivity contribution in [1.82, 2.24) is 20.1 Å². The summed E-state index contributed by atoms with van der Waals surface area (Å²) in [4.78, 5) is 24.3. The van der Waals surface area contributed by atoms with Gasteiger partial charge < -0.3 is 9.73 Å². The van der Waals surface area contributed by atoms with Crippen LogP contribution in [0.15, 0.2) is 33.9 Å². The number of carbonyl (C=O) groups is 1. The van der Waals surface area contributed by atoms with Gasteiger partial charge in [0.05, 0.1) is 12.4 Å². The molecule has 0 spiro atoms. The number of hydrogen-bond donors (Lipinski definition) is 1. The van der Waals surface area contributed by atoms with Gasteiger partial charge in [-0.15, -0.1) is 0 Å². The van der Waals surface area contributed by atoms with Crippen molar-refractivity contribution >= 4 is 17.0 Å². The molecule has 0 unspecified atom stereocenters. The van der Waals surface area contributed by atoms with Crippen LogP contribution >= 0.6 is 0 Å². The number of oxazole rings is 1. The van der Waals surface area contributed by atoms with Crippen LogP contribution in [0, 0.1) is 5.92 Å². The molecular weight excluding hydrogens is 248 g/mol. The Labute approximate surface area is 106 Å². The summed E-state index contributed by atoms with van der Waals surface area (Å²) < 4.78 is 6.52. The number of carbonyl (C=O) groups excluding carboxylic acids is 1. The van der Waals surface area contributed by atoms with E-state index in [0.29, 0.717) is 23.9 Å². The summed E-state index contributed by atoms with van der Waals surface area (Å²) in [5.41, 5.74) is 0.709. The van der Waals surface area contributed by atoms with Crippen LogP contribution in [0.4, 0.5) is 0 Å². The molecule has 2 aromatic heterocycles. The molecule has 1 aliphatic carbocycles.